The fraction of sp³-hybridized carbons (Fsp3) is 0.0769. The van der Waals surface area contributed by atoms with Gasteiger partial charge in [-0.25, -0.2) is 4.98 Å². The van der Waals surface area contributed by atoms with Crippen LogP contribution in [0.1, 0.15) is 11.1 Å². The Morgan fingerprint density at radius 2 is 1.32 bits per heavy atom. The van der Waals surface area contributed by atoms with Crippen molar-refractivity contribution in [3.8, 4) is 10.6 Å². The highest BCUT2D eigenvalue weighted by molar-refractivity contribution is 7.99. The maximum absolute atomic E-state index is 12.7. The molecule has 2 aliphatic rings. The molecular formula is C26H19NOS3. The fourth-order valence-electron chi connectivity index (χ4n) is 3.24. The van der Waals surface area contributed by atoms with Crippen LogP contribution in [-0.2, 0) is 0 Å². The van der Waals surface area contributed by atoms with Gasteiger partial charge in [0, 0.05) is 20.8 Å². The van der Waals surface area contributed by atoms with E-state index in [2.05, 4.69) is 68.4 Å². The van der Waals surface area contributed by atoms with Gasteiger partial charge in [0.1, 0.15) is 0 Å². The lowest BCUT2D eigenvalue weighted by molar-refractivity contribution is 1.29. The van der Waals surface area contributed by atoms with E-state index in [0.29, 0.717) is 4.90 Å². The van der Waals surface area contributed by atoms with Crippen LogP contribution in [0.5, 0.6) is 0 Å². The lowest BCUT2D eigenvalue weighted by Crippen LogP contribution is -2.04. The van der Waals surface area contributed by atoms with E-state index in [1.54, 1.807) is 29.2 Å². The van der Waals surface area contributed by atoms with Crippen molar-refractivity contribution in [2.24, 2.45) is 0 Å². The standard InChI is InChI=1S/C26H19NOS3/c1-16-3-7-18(8-4-16)29-20-11-12-21-24(13-20)31-25-15-23(28)26(14-22(25)27-21)30-19-9-5-17(2)6-10-19/h3-15H,1-2H3. The second-order valence-corrected chi connectivity index (χ2v) is 10.8. The van der Waals surface area contributed by atoms with Gasteiger partial charge >= 0.3 is 0 Å². The lowest BCUT2D eigenvalue weighted by atomic mass is 10.2. The third-order valence-electron chi connectivity index (χ3n) is 4.92. The van der Waals surface area contributed by atoms with Crippen LogP contribution in [0, 0.1) is 13.8 Å². The summed E-state index contributed by atoms with van der Waals surface area (Å²) in [6.07, 6.45) is 0. The van der Waals surface area contributed by atoms with Crippen LogP contribution in [0.4, 0.5) is 0 Å². The molecule has 0 radical (unpaired) electrons. The van der Waals surface area contributed by atoms with Gasteiger partial charge in [-0.3, -0.25) is 4.79 Å². The van der Waals surface area contributed by atoms with Gasteiger partial charge in [-0.15, -0.1) is 11.3 Å². The van der Waals surface area contributed by atoms with E-state index in [9.17, 15) is 4.79 Å². The molecule has 0 aromatic heterocycles. The number of aryl methyl sites for hydroxylation is 2. The number of hydrogen-bond acceptors (Lipinski definition) is 5. The number of fused-ring (bicyclic) bond motifs is 2. The molecule has 3 aromatic rings. The average Bonchev–Trinajstić information content (AvgIpc) is 2.76. The summed E-state index contributed by atoms with van der Waals surface area (Å²) in [5.41, 5.74) is 4.33. The molecular weight excluding hydrogens is 438 g/mol. The molecule has 1 heterocycles. The summed E-state index contributed by atoms with van der Waals surface area (Å²) in [5.74, 6) is 0. The molecule has 2 nitrogen and oxygen atoms in total. The fourth-order valence-corrected chi connectivity index (χ4v) is 6.04. The molecule has 0 N–H and O–H groups in total. The Bertz CT molecular complexity index is 1410. The van der Waals surface area contributed by atoms with Crippen LogP contribution in [0.2, 0.25) is 0 Å². The van der Waals surface area contributed by atoms with Gasteiger partial charge in [0.2, 0.25) is 0 Å². The Morgan fingerprint density at radius 3 is 2.00 bits per heavy atom. The summed E-state index contributed by atoms with van der Waals surface area (Å²) in [6, 6.07) is 26.8. The molecule has 0 unspecified atom stereocenters. The number of benzene rings is 4. The van der Waals surface area contributed by atoms with E-state index in [-0.39, 0.29) is 5.43 Å². The van der Waals surface area contributed by atoms with Gasteiger partial charge in [-0.1, -0.05) is 58.9 Å². The van der Waals surface area contributed by atoms with Gasteiger partial charge < -0.3 is 0 Å². The molecule has 0 saturated carbocycles. The van der Waals surface area contributed by atoms with Crippen LogP contribution >= 0.6 is 34.9 Å². The second kappa shape index (κ2) is 8.50. The zero-order chi connectivity index (χ0) is 21.4. The molecule has 31 heavy (non-hydrogen) atoms. The van der Waals surface area contributed by atoms with Crippen molar-refractivity contribution >= 4 is 45.1 Å². The van der Waals surface area contributed by atoms with Gasteiger partial charge in [-0.05, 0) is 62.4 Å². The molecule has 1 aliphatic heterocycles. The van der Waals surface area contributed by atoms with Crippen molar-refractivity contribution in [3.05, 3.63) is 100 Å². The van der Waals surface area contributed by atoms with Crippen molar-refractivity contribution in [3.63, 3.8) is 0 Å². The number of aromatic nitrogens is 1. The quantitative estimate of drug-likeness (QED) is 0.259. The van der Waals surface area contributed by atoms with E-state index >= 15 is 0 Å². The smallest absolute Gasteiger partial charge is 0.194 e. The van der Waals surface area contributed by atoms with E-state index in [4.69, 9.17) is 4.98 Å². The Labute approximate surface area is 193 Å². The number of nitrogens with zero attached hydrogens (tertiary/aromatic N) is 1. The molecule has 5 heteroatoms. The van der Waals surface area contributed by atoms with E-state index in [1.165, 1.54) is 32.7 Å². The summed E-state index contributed by atoms with van der Waals surface area (Å²) in [5, 5.41) is 0. The molecule has 0 spiro atoms. The van der Waals surface area contributed by atoms with E-state index < -0.39 is 0 Å². The Morgan fingerprint density at radius 1 is 0.710 bits per heavy atom. The average molecular weight is 458 g/mol. The van der Waals surface area contributed by atoms with E-state index in [0.717, 1.165) is 25.7 Å². The van der Waals surface area contributed by atoms with E-state index in [1.807, 2.05) is 18.2 Å². The first kappa shape index (κ1) is 20.3. The summed E-state index contributed by atoms with van der Waals surface area (Å²) in [7, 11) is 0. The van der Waals surface area contributed by atoms with Crippen molar-refractivity contribution in [1.82, 2.24) is 4.98 Å². The van der Waals surface area contributed by atoms with Crippen LogP contribution in [0.15, 0.2) is 103 Å². The van der Waals surface area contributed by atoms with Gasteiger partial charge in [-0.2, -0.15) is 0 Å². The van der Waals surface area contributed by atoms with Crippen molar-refractivity contribution in [2.75, 3.05) is 0 Å². The molecule has 152 valence electrons. The highest BCUT2D eigenvalue weighted by Crippen LogP contribution is 2.36. The summed E-state index contributed by atoms with van der Waals surface area (Å²) >= 11 is 4.86. The monoisotopic (exact) mass is 457 g/mol. The molecule has 0 atom stereocenters. The van der Waals surface area contributed by atoms with Crippen LogP contribution < -0.4 is 5.43 Å². The highest BCUT2D eigenvalue weighted by atomic mass is 32.2. The molecule has 1 aliphatic carbocycles. The van der Waals surface area contributed by atoms with Gasteiger partial charge in [0.25, 0.3) is 0 Å². The van der Waals surface area contributed by atoms with Crippen LogP contribution in [0.3, 0.4) is 0 Å². The topological polar surface area (TPSA) is 30.0 Å². The SMILES string of the molecule is Cc1ccc(Sc2ccc3nc4cc(Sc5ccc(C)cc5)c(=O)cc-4sc3c2)cc1. The Balaban J connectivity index is 1.49. The minimum absolute atomic E-state index is 0.0423. The predicted octanol–water partition coefficient (Wildman–Crippen LogP) is 7.68. The molecule has 0 bridgehead atoms. The third kappa shape index (κ3) is 4.54. The summed E-state index contributed by atoms with van der Waals surface area (Å²) in [6.45, 7) is 4.16. The Kier molecular flexibility index (Phi) is 5.57. The third-order valence-corrected chi connectivity index (χ3v) is 8.06. The molecule has 0 amide bonds. The first-order chi connectivity index (χ1) is 15.0. The maximum atomic E-state index is 12.7. The minimum Gasteiger partial charge on any atom is -0.289 e. The van der Waals surface area contributed by atoms with Gasteiger partial charge in [0.15, 0.2) is 5.43 Å². The molecule has 3 aromatic carbocycles. The zero-order valence-corrected chi connectivity index (χ0v) is 19.5. The number of hydrogen-bond donors (Lipinski definition) is 0. The highest BCUT2D eigenvalue weighted by Gasteiger charge is 2.13. The van der Waals surface area contributed by atoms with Crippen molar-refractivity contribution in [1.29, 1.82) is 0 Å². The first-order valence-corrected chi connectivity index (χ1v) is 12.4. The molecule has 0 fully saturated rings. The normalized spacial score (nSPS) is 11.3. The predicted molar refractivity (Wildman–Crippen MR) is 133 cm³/mol. The molecule has 0 saturated heterocycles. The second-order valence-electron chi connectivity index (χ2n) is 7.44. The van der Waals surface area contributed by atoms with Gasteiger partial charge in [0.05, 0.1) is 25.7 Å². The minimum atomic E-state index is 0.0423. The largest absolute Gasteiger partial charge is 0.289 e. The maximum Gasteiger partial charge on any atom is 0.194 e. The van der Waals surface area contributed by atoms with Crippen molar-refractivity contribution < 1.29 is 0 Å². The first-order valence-electron chi connectivity index (χ1n) is 9.91. The lowest BCUT2D eigenvalue weighted by Gasteiger charge is -2.09. The molecule has 5 rings (SSSR count). The summed E-state index contributed by atoms with van der Waals surface area (Å²) < 4.78 is 1.09. The summed E-state index contributed by atoms with van der Waals surface area (Å²) in [4.78, 5) is 22.6. The Hall–Kier alpha value is -2.60. The van der Waals surface area contributed by atoms with Crippen LogP contribution in [-0.4, -0.2) is 4.98 Å². The van der Waals surface area contributed by atoms with Crippen LogP contribution in [0.25, 0.3) is 20.8 Å². The zero-order valence-electron chi connectivity index (χ0n) is 17.1. The number of rotatable bonds is 4. The van der Waals surface area contributed by atoms with Crippen molar-refractivity contribution in [2.45, 2.75) is 33.4 Å².